The third-order valence-corrected chi connectivity index (χ3v) is 3.56. The Balaban J connectivity index is 2.82. The summed E-state index contributed by atoms with van der Waals surface area (Å²) in [5, 5.41) is 2.81. The number of allylic oxidation sites excluding steroid dienone is 1. The third kappa shape index (κ3) is 2.35. The largest absolute Gasteiger partial charge is 0.325 e. The van der Waals surface area contributed by atoms with E-state index in [0.29, 0.717) is 6.54 Å². The van der Waals surface area contributed by atoms with Gasteiger partial charge in [0.2, 0.25) is 0 Å². The molecule has 4 heteroatoms. The van der Waals surface area contributed by atoms with E-state index in [-0.39, 0.29) is 17.4 Å². The molecule has 17 heavy (non-hydrogen) atoms. The number of nitrogens with zero attached hydrogens (tertiary/aromatic N) is 1. The molecule has 1 aliphatic heterocycles. The number of carbonyl (C=O) groups excluding carboxylic acids is 2. The minimum Gasteiger partial charge on any atom is -0.323 e. The lowest BCUT2D eigenvalue weighted by atomic mass is 9.75. The van der Waals surface area contributed by atoms with E-state index >= 15 is 0 Å². The summed E-state index contributed by atoms with van der Waals surface area (Å²) in [6.45, 7) is 11.8. The molecule has 1 fully saturated rings. The lowest BCUT2D eigenvalue weighted by Gasteiger charge is -2.35. The standard InChI is InChI=1S/C13H22N2O2/c1-6-7-8-9-15-10(16)13(5,12(2,3)4)14-11(15)17/h6H,1,7-9H2,2-5H3,(H,14,17). The van der Waals surface area contributed by atoms with Crippen molar-refractivity contribution in [3.05, 3.63) is 12.7 Å². The number of hydrogen-bond donors (Lipinski definition) is 1. The summed E-state index contributed by atoms with van der Waals surface area (Å²) in [4.78, 5) is 25.4. The van der Waals surface area contributed by atoms with Crippen LogP contribution in [0, 0.1) is 5.41 Å². The Labute approximate surface area is 103 Å². The molecule has 0 radical (unpaired) electrons. The highest BCUT2D eigenvalue weighted by Gasteiger charge is 2.54. The van der Waals surface area contributed by atoms with Gasteiger partial charge in [-0.15, -0.1) is 6.58 Å². The number of carbonyl (C=O) groups is 2. The fraction of sp³-hybridized carbons (Fsp3) is 0.692. The third-order valence-electron chi connectivity index (χ3n) is 3.56. The predicted octanol–water partition coefficient (Wildman–Crippen LogP) is 2.31. The van der Waals surface area contributed by atoms with Crippen LogP contribution < -0.4 is 5.32 Å². The molecule has 4 nitrogen and oxygen atoms in total. The van der Waals surface area contributed by atoms with Crippen molar-refractivity contribution in [1.82, 2.24) is 10.2 Å². The van der Waals surface area contributed by atoms with Crippen LogP contribution in [0.1, 0.15) is 40.5 Å². The molecule has 0 aliphatic carbocycles. The molecule has 0 spiro atoms. The first-order chi connectivity index (χ1) is 7.74. The number of hydrogen-bond acceptors (Lipinski definition) is 2. The number of unbranched alkanes of at least 4 members (excludes halogenated alkanes) is 1. The summed E-state index contributed by atoms with van der Waals surface area (Å²) in [5.41, 5.74) is -1.11. The topological polar surface area (TPSA) is 49.4 Å². The van der Waals surface area contributed by atoms with Gasteiger partial charge in [0.15, 0.2) is 0 Å². The van der Waals surface area contributed by atoms with Crippen molar-refractivity contribution in [1.29, 1.82) is 0 Å². The summed E-state index contributed by atoms with van der Waals surface area (Å²) in [5.74, 6) is -0.126. The molecular formula is C13H22N2O2. The smallest absolute Gasteiger partial charge is 0.323 e. The van der Waals surface area contributed by atoms with E-state index in [9.17, 15) is 9.59 Å². The SMILES string of the molecule is C=CCCCN1C(=O)NC(C)(C(C)(C)C)C1=O. The molecule has 0 aromatic carbocycles. The monoisotopic (exact) mass is 238 g/mol. The van der Waals surface area contributed by atoms with Crippen LogP contribution in [0.2, 0.25) is 0 Å². The molecule has 0 aromatic heterocycles. The van der Waals surface area contributed by atoms with Crippen LogP contribution in [0.5, 0.6) is 0 Å². The molecule has 1 N–H and O–H groups in total. The lowest BCUT2D eigenvalue weighted by Crippen LogP contribution is -2.54. The first-order valence-corrected chi connectivity index (χ1v) is 5.99. The van der Waals surface area contributed by atoms with Gasteiger partial charge in [0.25, 0.3) is 5.91 Å². The van der Waals surface area contributed by atoms with Crippen molar-refractivity contribution in [2.45, 2.75) is 46.1 Å². The zero-order valence-electron chi connectivity index (χ0n) is 11.2. The Hall–Kier alpha value is -1.32. The molecule has 1 saturated heterocycles. The van der Waals surface area contributed by atoms with Gasteiger partial charge in [-0.25, -0.2) is 4.79 Å². The second-order valence-electron chi connectivity index (χ2n) is 5.69. The molecule has 1 unspecified atom stereocenters. The van der Waals surface area contributed by atoms with Crippen LogP contribution in [0.25, 0.3) is 0 Å². The normalized spacial score (nSPS) is 25.1. The van der Waals surface area contributed by atoms with E-state index < -0.39 is 5.54 Å². The fourth-order valence-electron chi connectivity index (χ4n) is 1.80. The van der Waals surface area contributed by atoms with E-state index in [0.717, 1.165) is 12.8 Å². The number of nitrogens with one attached hydrogen (secondary N) is 1. The summed E-state index contributed by atoms with van der Waals surface area (Å²) >= 11 is 0. The Kier molecular flexibility index (Phi) is 3.65. The number of imide groups is 1. The predicted molar refractivity (Wildman–Crippen MR) is 67.5 cm³/mol. The maximum atomic E-state index is 12.3. The molecule has 0 aromatic rings. The van der Waals surface area contributed by atoms with Gasteiger partial charge in [0, 0.05) is 6.54 Å². The summed E-state index contributed by atoms with van der Waals surface area (Å²) < 4.78 is 0. The number of rotatable bonds is 4. The van der Waals surface area contributed by atoms with Gasteiger partial charge < -0.3 is 5.32 Å². The summed E-state index contributed by atoms with van der Waals surface area (Å²) in [6.07, 6.45) is 3.37. The molecule has 3 amide bonds. The Bertz CT molecular complexity index is 344. The van der Waals surface area contributed by atoms with E-state index in [1.165, 1.54) is 4.90 Å². The van der Waals surface area contributed by atoms with Crippen LogP contribution in [0.3, 0.4) is 0 Å². The Morgan fingerprint density at radius 2 is 2.00 bits per heavy atom. The molecule has 1 rings (SSSR count). The minimum absolute atomic E-state index is 0.126. The van der Waals surface area contributed by atoms with Crippen molar-refractivity contribution < 1.29 is 9.59 Å². The average Bonchev–Trinajstić information content (AvgIpc) is 2.42. The number of amides is 3. The van der Waals surface area contributed by atoms with E-state index in [1.807, 2.05) is 20.8 Å². The highest BCUT2D eigenvalue weighted by Crippen LogP contribution is 2.35. The van der Waals surface area contributed by atoms with Gasteiger partial charge in [0.1, 0.15) is 5.54 Å². The van der Waals surface area contributed by atoms with Crippen molar-refractivity contribution in [2.24, 2.45) is 5.41 Å². The van der Waals surface area contributed by atoms with E-state index in [4.69, 9.17) is 0 Å². The minimum atomic E-state index is -0.807. The number of urea groups is 1. The van der Waals surface area contributed by atoms with E-state index in [1.54, 1.807) is 13.0 Å². The molecule has 96 valence electrons. The van der Waals surface area contributed by atoms with Crippen molar-refractivity contribution in [3.63, 3.8) is 0 Å². The molecular weight excluding hydrogens is 216 g/mol. The van der Waals surface area contributed by atoms with Gasteiger partial charge in [-0.2, -0.15) is 0 Å². The van der Waals surface area contributed by atoms with Gasteiger partial charge in [-0.05, 0) is 25.2 Å². The van der Waals surface area contributed by atoms with Crippen molar-refractivity contribution in [2.75, 3.05) is 6.54 Å². The molecule has 1 atom stereocenters. The Morgan fingerprint density at radius 3 is 2.41 bits per heavy atom. The highest BCUT2D eigenvalue weighted by atomic mass is 16.2. The van der Waals surface area contributed by atoms with Gasteiger partial charge in [0.05, 0.1) is 0 Å². The van der Waals surface area contributed by atoms with Crippen LogP contribution in [-0.2, 0) is 4.79 Å². The van der Waals surface area contributed by atoms with Crippen LogP contribution in [-0.4, -0.2) is 28.9 Å². The molecule has 0 bridgehead atoms. The van der Waals surface area contributed by atoms with E-state index in [2.05, 4.69) is 11.9 Å². The molecule has 0 saturated carbocycles. The summed E-state index contributed by atoms with van der Waals surface area (Å²) in [7, 11) is 0. The second kappa shape index (κ2) is 4.51. The average molecular weight is 238 g/mol. The highest BCUT2D eigenvalue weighted by molar-refractivity contribution is 6.07. The van der Waals surface area contributed by atoms with Gasteiger partial charge >= 0.3 is 6.03 Å². The quantitative estimate of drug-likeness (QED) is 0.464. The van der Waals surface area contributed by atoms with Gasteiger partial charge in [-0.1, -0.05) is 26.8 Å². The van der Waals surface area contributed by atoms with Crippen LogP contribution in [0.4, 0.5) is 4.79 Å². The van der Waals surface area contributed by atoms with Crippen molar-refractivity contribution in [3.8, 4) is 0 Å². The fourth-order valence-corrected chi connectivity index (χ4v) is 1.80. The first-order valence-electron chi connectivity index (χ1n) is 5.99. The summed E-state index contributed by atoms with van der Waals surface area (Å²) in [6, 6.07) is -0.281. The van der Waals surface area contributed by atoms with Gasteiger partial charge in [-0.3, -0.25) is 9.69 Å². The maximum Gasteiger partial charge on any atom is 0.325 e. The zero-order chi connectivity index (χ0) is 13.3. The lowest BCUT2D eigenvalue weighted by molar-refractivity contribution is -0.134. The first kappa shape index (κ1) is 13.7. The van der Waals surface area contributed by atoms with Crippen LogP contribution >= 0.6 is 0 Å². The maximum absolute atomic E-state index is 12.3. The second-order valence-corrected chi connectivity index (χ2v) is 5.69. The Morgan fingerprint density at radius 1 is 1.41 bits per heavy atom. The van der Waals surface area contributed by atoms with Crippen LogP contribution in [0.15, 0.2) is 12.7 Å². The molecule has 1 aliphatic rings. The van der Waals surface area contributed by atoms with Crippen molar-refractivity contribution >= 4 is 11.9 Å². The zero-order valence-corrected chi connectivity index (χ0v) is 11.2. The molecule has 1 heterocycles.